The lowest BCUT2D eigenvalue weighted by atomic mass is 9.88. The Labute approximate surface area is 133 Å². The van der Waals surface area contributed by atoms with E-state index in [-0.39, 0.29) is 5.91 Å². The highest BCUT2D eigenvalue weighted by Gasteiger charge is 2.41. The van der Waals surface area contributed by atoms with Crippen molar-refractivity contribution in [2.75, 3.05) is 23.3 Å². The van der Waals surface area contributed by atoms with Crippen molar-refractivity contribution in [3.8, 4) is 0 Å². The van der Waals surface area contributed by atoms with E-state index < -0.39 is 5.41 Å². The van der Waals surface area contributed by atoms with Crippen LogP contribution in [0.3, 0.4) is 0 Å². The minimum absolute atomic E-state index is 0.0539. The molecule has 0 aliphatic carbocycles. The van der Waals surface area contributed by atoms with Gasteiger partial charge in [-0.2, -0.15) is 0 Å². The molecule has 22 heavy (non-hydrogen) atoms. The highest BCUT2D eigenvalue weighted by Crippen LogP contribution is 2.42. The van der Waals surface area contributed by atoms with Crippen LogP contribution in [-0.2, 0) is 10.2 Å². The van der Waals surface area contributed by atoms with Crippen LogP contribution in [0, 0.1) is 11.8 Å². The van der Waals surface area contributed by atoms with Crippen LogP contribution in [0.1, 0.15) is 52.7 Å². The molecule has 1 atom stereocenters. The molecule has 1 unspecified atom stereocenters. The Balaban J connectivity index is 1.88. The predicted octanol–water partition coefficient (Wildman–Crippen LogP) is 3.57. The highest BCUT2D eigenvalue weighted by molar-refractivity contribution is 6.07. The molecule has 1 aromatic heterocycles. The molecule has 3 rings (SSSR count). The summed E-state index contributed by atoms with van der Waals surface area (Å²) in [5, 5.41) is 3.07. The van der Waals surface area contributed by atoms with Crippen molar-refractivity contribution in [1.29, 1.82) is 0 Å². The minimum atomic E-state index is -0.529. The summed E-state index contributed by atoms with van der Waals surface area (Å²) in [5.74, 6) is 1.55. The predicted molar refractivity (Wildman–Crippen MR) is 90.3 cm³/mol. The first kappa shape index (κ1) is 15.3. The number of aromatic nitrogens is 1. The second-order valence-electron chi connectivity index (χ2n) is 7.72. The van der Waals surface area contributed by atoms with Crippen LogP contribution in [0.2, 0.25) is 0 Å². The quantitative estimate of drug-likeness (QED) is 0.928. The van der Waals surface area contributed by atoms with E-state index in [1.807, 2.05) is 20.0 Å². The zero-order valence-corrected chi connectivity index (χ0v) is 14.1. The maximum atomic E-state index is 12.2. The lowest BCUT2D eigenvalue weighted by Gasteiger charge is -2.36. The average molecular weight is 301 g/mol. The molecule has 1 N–H and O–H groups in total. The van der Waals surface area contributed by atoms with Gasteiger partial charge in [0.1, 0.15) is 0 Å². The smallest absolute Gasteiger partial charge is 0.236 e. The van der Waals surface area contributed by atoms with Crippen LogP contribution in [0.5, 0.6) is 0 Å². The fraction of sp³-hybridized carbons (Fsp3) is 0.667. The molecular weight excluding hydrogens is 274 g/mol. The molecule has 1 amide bonds. The molecule has 0 spiro atoms. The molecule has 1 aromatic rings. The molecule has 4 heteroatoms. The van der Waals surface area contributed by atoms with Crippen LogP contribution < -0.4 is 10.2 Å². The van der Waals surface area contributed by atoms with Gasteiger partial charge in [0, 0.05) is 19.3 Å². The maximum absolute atomic E-state index is 12.2. The van der Waals surface area contributed by atoms with Crippen molar-refractivity contribution >= 4 is 17.3 Å². The normalized spacial score (nSPS) is 23.6. The van der Waals surface area contributed by atoms with Crippen LogP contribution in [0.15, 0.2) is 12.3 Å². The Hall–Kier alpha value is -1.58. The van der Waals surface area contributed by atoms with Crippen molar-refractivity contribution in [2.24, 2.45) is 11.8 Å². The first-order valence-corrected chi connectivity index (χ1v) is 8.45. The SMILES string of the molecule is CC(C)CC1CCCN(c2ccnc3c2NC(=O)C3(C)C)C1. The Morgan fingerprint density at radius 1 is 1.45 bits per heavy atom. The van der Waals surface area contributed by atoms with Crippen molar-refractivity contribution < 1.29 is 4.79 Å². The lowest BCUT2D eigenvalue weighted by Crippen LogP contribution is -2.36. The number of carbonyl (C=O) groups excluding carboxylic acids is 1. The second-order valence-corrected chi connectivity index (χ2v) is 7.72. The summed E-state index contributed by atoms with van der Waals surface area (Å²) >= 11 is 0. The number of piperidine rings is 1. The van der Waals surface area contributed by atoms with Crippen molar-refractivity contribution in [3.05, 3.63) is 18.0 Å². The minimum Gasteiger partial charge on any atom is -0.369 e. The van der Waals surface area contributed by atoms with E-state index in [2.05, 4.69) is 35.1 Å². The van der Waals surface area contributed by atoms with Crippen molar-refractivity contribution in [3.63, 3.8) is 0 Å². The molecular formula is C18H27N3O. The molecule has 0 bridgehead atoms. The lowest BCUT2D eigenvalue weighted by molar-refractivity contribution is -0.119. The summed E-state index contributed by atoms with van der Waals surface area (Å²) in [6.07, 6.45) is 5.68. The summed E-state index contributed by atoms with van der Waals surface area (Å²) in [6.45, 7) is 10.6. The summed E-state index contributed by atoms with van der Waals surface area (Å²) in [5.41, 5.74) is 2.44. The number of amides is 1. The van der Waals surface area contributed by atoms with Gasteiger partial charge in [-0.25, -0.2) is 0 Å². The Bertz CT molecular complexity index is 580. The number of hydrogen-bond donors (Lipinski definition) is 1. The number of carbonyl (C=O) groups is 1. The molecule has 0 saturated carbocycles. The fourth-order valence-corrected chi connectivity index (χ4v) is 3.83. The highest BCUT2D eigenvalue weighted by atomic mass is 16.2. The molecule has 120 valence electrons. The summed E-state index contributed by atoms with van der Waals surface area (Å²) in [6, 6.07) is 2.05. The van der Waals surface area contributed by atoms with Gasteiger partial charge < -0.3 is 10.2 Å². The third-order valence-electron chi connectivity index (χ3n) is 4.99. The van der Waals surface area contributed by atoms with Crippen molar-refractivity contribution in [2.45, 2.75) is 52.4 Å². The third-order valence-corrected chi connectivity index (χ3v) is 4.99. The average Bonchev–Trinajstić information content (AvgIpc) is 2.69. The van der Waals surface area contributed by atoms with E-state index in [4.69, 9.17) is 0 Å². The number of hydrogen-bond acceptors (Lipinski definition) is 3. The van der Waals surface area contributed by atoms with E-state index in [9.17, 15) is 4.79 Å². The van der Waals surface area contributed by atoms with Gasteiger partial charge in [0.15, 0.2) is 0 Å². The van der Waals surface area contributed by atoms with E-state index in [0.717, 1.165) is 42.0 Å². The van der Waals surface area contributed by atoms with Gasteiger partial charge >= 0.3 is 0 Å². The molecule has 3 heterocycles. The zero-order valence-electron chi connectivity index (χ0n) is 14.1. The second kappa shape index (κ2) is 5.56. The number of pyridine rings is 1. The maximum Gasteiger partial charge on any atom is 0.236 e. The molecule has 1 saturated heterocycles. The fourth-order valence-electron chi connectivity index (χ4n) is 3.83. The van der Waals surface area contributed by atoms with Gasteiger partial charge in [0.25, 0.3) is 0 Å². The summed E-state index contributed by atoms with van der Waals surface area (Å²) in [4.78, 5) is 19.1. The van der Waals surface area contributed by atoms with E-state index in [1.165, 1.54) is 19.3 Å². The Morgan fingerprint density at radius 2 is 2.23 bits per heavy atom. The Kier molecular flexibility index (Phi) is 3.87. The standard InChI is InChI=1S/C18H27N3O/c1-12(2)10-13-6-5-9-21(11-13)14-7-8-19-16-15(14)20-17(22)18(16,3)4/h7-8,12-13H,5-6,9-11H2,1-4H3,(H,20,22). The zero-order chi connectivity index (χ0) is 15.9. The molecule has 0 aromatic carbocycles. The molecule has 2 aliphatic heterocycles. The molecule has 2 aliphatic rings. The Morgan fingerprint density at radius 3 is 2.95 bits per heavy atom. The van der Waals surface area contributed by atoms with E-state index in [1.54, 1.807) is 0 Å². The van der Waals surface area contributed by atoms with Crippen LogP contribution in [-0.4, -0.2) is 24.0 Å². The van der Waals surface area contributed by atoms with Gasteiger partial charge in [-0.1, -0.05) is 13.8 Å². The summed E-state index contributed by atoms with van der Waals surface area (Å²) in [7, 11) is 0. The molecule has 1 fully saturated rings. The third kappa shape index (κ3) is 2.59. The largest absolute Gasteiger partial charge is 0.369 e. The van der Waals surface area contributed by atoms with Crippen LogP contribution in [0.25, 0.3) is 0 Å². The molecule has 0 radical (unpaired) electrons. The van der Waals surface area contributed by atoms with Crippen LogP contribution in [0.4, 0.5) is 11.4 Å². The van der Waals surface area contributed by atoms with Gasteiger partial charge in [-0.15, -0.1) is 0 Å². The van der Waals surface area contributed by atoms with Gasteiger partial charge in [0.05, 0.1) is 22.5 Å². The van der Waals surface area contributed by atoms with Gasteiger partial charge in [0.2, 0.25) is 5.91 Å². The first-order valence-electron chi connectivity index (χ1n) is 8.45. The van der Waals surface area contributed by atoms with Crippen LogP contribution >= 0.6 is 0 Å². The monoisotopic (exact) mass is 301 g/mol. The summed E-state index contributed by atoms with van der Waals surface area (Å²) < 4.78 is 0. The number of nitrogens with zero attached hydrogens (tertiary/aromatic N) is 2. The number of nitrogens with one attached hydrogen (secondary N) is 1. The first-order chi connectivity index (χ1) is 10.4. The van der Waals surface area contributed by atoms with E-state index in [0.29, 0.717) is 0 Å². The number of fused-ring (bicyclic) bond motifs is 1. The number of anilines is 2. The van der Waals surface area contributed by atoms with Gasteiger partial charge in [-0.05, 0) is 51.0 Å². The van der Waals surface area contributed by atoms with E-state index >= 15 is 0 Å². The van der Waals surface area contributed by atoms with Crippen molar-refractivity contribution in [1.82, 2.24) is 4.98 Å². The van der Waals surface area contributed by atoms with Gasteiger partial charge in [-0.3, -0.25) is 9.78 Å². The molecule has 4 nitrogen and oxygen atoms in total. The topological polar surface area (TPSA) is 45.2 Å². The number of rotatable bonds is 3.